The summed E-state index contributed by atoms with van der Waals surface area (Å²) in [5, 5.41) is 3.01. The van der Waals surface area contributed by atoms with Crippen molar-refractivity contribution in [2.24, 2.45) is 0 Å². The Morgan fingerprint density at radius 1 is 1.82 bits per heavy atom. The number of hydrogen-bond donors (Lipinski definition) is 1. The van der Waals surface area contributed by atoms with Crippen molar-refractivity contribution in [3.05, 3.63) is 12.7 Å². The Labute approximate surface area is 67.4 Å². The molecule has 1 atom stereocenters. The van der Waals surface area contributed by atoms with Crippen LogP contribution < -0.4 is 5.32 Å². The van der Waals surface area contributed by atoms with Crippen molar-refractivity contribution < 1.29 is 9.53 Å². The Hall–Kier alpha value is -0.830. The second kappa shape index (κ2) is 5.92. The second-order valence-electron chi connectivity index (χ2n) is 2.24. The Kier molecular flexibility index (Phi) is 5.47. The van der Waals surface area contributed by atoms with Crippen molar-refractivity contribution in [2.45, 2.75) is 26.5 Å². The van der Waals surface area contributed by atoms with E-state index in [2.05, 4.69) is 18.8 Å². The highest BCUT2D eigenvalue weighted by atomic mass is 16.6. The fraction of sp³-hybridized carbons (Fsp3) is 0.625. The predicted molar refractivity (Wildman–Crippen MR) is 44.0 cm³/mol. The predicted octanol–water partition coefficient (Wildman–Crippen LogP) is 1.06. The summed E-state index contributed by atoms with van der Waals surface area (Å²) in [5.74, 6) is -0.388. The summed E-state index contributed by atoms with van der Waals surface area (Å²) in [5.41, 5.74) is 0. The van der Waals surface area contributed by atoms with Crippen molar-refractivity contribution >= 4 is 5.97 Å². The Balaban J connectivity index is 3.43. The molecule has 0 saturated carbocycles. The van der Waals surface area contributed by atoms with E-state index < -0.39 is 0 Å². The van der Waals surface area contributed by atoms with Gasteiger partial charge in [-0.15, -0.1) is 0 Å². The molecule has 0 rings (SSSR count). The van der Waals surface area contributed by atoms with E-state index in [-0.39, 0.29) is 12.2 Å². The Morgan fingerprint density at radius 2 is 2.45 bits per heavy atom. The van der Waals surface area contributed by atoms with Gasteiger partial charge in [0.2, 0.25) is 0 Å². The molecule has 0 aromatic heterocycles. The minimum atomic E-state index is -0.388. The summed E-state index contributed by atoms with van der Waals surface area (Å²) >= 11 is 0. The van der Waals surface area contributed by atoms with Crippen LogP contribution in [0.1, 0.15) is 20.3 Å². The average molecular weight is 157 g/mol. The molecule has 0 aromatic carbocycles. The minimum absolute atomic E-state index is 0.222. The van der Waals surface area contributed by atoms with Crippen LogP contribution in [-0.4, -0.2) is 18.7 Å². The van der Waals surface area contributed by atoms with E-state index in [0.717, 1.165) is 19.0 Å². The van der Waals surface area contributed by atoms with Gasteiger partial charge in [0.15, 0.2) is 6.23 Å². The molecule has 0 fully saturated rings. The van der Waals surface area contributed by atoms with E-state index in [9.17, 15) is 4.79 Å². The smallest absolute Gasteiger partial charge is 0.331 e. The number of carbonyl (C=O) groups excluding carboxylic acids is 1. The fourth-order valence-corrected chi connectivity index (χ4v) is 0.612. The molecule has 11 heavy (non-hydrogen) atoms. The van der Waals surface area contributed by atoms with Gasteiger partial charge in [0.05, 0.1) is 0 Å². The van der Waals surface area contributed by atoms with Crippen LogP contribution in [0.2, 0.25) is 0 Å². The van der Waals surface area contributed by atoms with Gasteiger partial charge in [0.1, 0.15) is 0 Å². The zero-order valence-corrected chi connectivity index (χ0v) is 7.09. The van der Waals surface area contributed by atoms with Gasteiger partial charge in [0, 0.05) is 6.08 Å². The lowest BCUT2D eigenvalue weighted by Gasteiger charge is -2.12. The quantitative estimate of drug-likeness (QED) is 0.368. The van der Waals surface area contributed by atoms with Gasteiger partial charge in [-0.1, -0.05) is 13.5 Å². The molecular formula is C8H15NO2. The Bertz CT molecular complexity index is 134. The highest BCUT2D eigenvalue weighted by Gasteiger charge is 2.02. The molecule has 0 aliphatic heterocycles. The Morgan fingerprint density at radius 3 is 2.91 bits per heavy atom. The van der Waals surface area contributed by atoms with E-state index in [1.807, 2.05) is 0 Å². The maximum atomic E-state index is 10.6. The van der Waals surface area contributed by atoms with Crippen molar-refractivity contribution in [2.75, 3.05) is 6.54 Å². The van der Waals surface area contributed by atoms with E-state index in [1.165, 1.54) is 0 Å². The number of nitrogens with one attached hydrogen (secondary N) is 1. The molecule has 0 spiro atoms. The van der Waals surface area contributed by atoms with Gasteiger partial charge in [-0.3, -0.25) is 5.32 Å². The lowest BCUT2D eigenvalue weighted by molar-refractivity contribution is -0.143. The molecule has 0 radical (unpaired) electrons. The molecule has 3 nitrogen and oxygen atoms in total. The first-order valence-electron chi connectivity index (χ1n) is 3.77. The first-order valence-corrected chi connectivity index (χ1v) is 3.77. The second-order valence-corrected chi connectivity index (χ2v) is 2.24. The third kappa shape index (κ3) is 5.61. The molecule has 0 aliphatic carbocycles. The summed E-state index contributed by atoms with van der Waals surface area (Å²) in [6, 6.07) is 0. The van der Waals surface area contributed by atoms with Gasteiger partial charge in [-0.05, 0) is 19.9 Å². The maximum Gasteiger partial charge on any atom is 0.331 e. The van der Waals surface area contributed by atoms with E-state index in [1.54, 1.807) is 6.92 Å². The van der Waals surface area contributed by atoms with Gasteiger partial charge in [-0.25, -0.2) is 4.79 Å². The average Bonchev–Trinajstić information content (AvgIpc) is 2.00. The first kappa shape index (κ1) is 10.2. The zero-order chi connectivity index (χ0) is 8.69. The topological polar surface area (TPSA) is 38.3 Å². The van der Waals surface area contributed by atoms with Crippen molar-refractivity contribution in [3.63, 3.8) is 0 Å². The zero-order valence-electron chi connectivity index (χ0n) is 7.09. The van der Waals surface area contributed by atoms with E-state index >= 15 is 0 Å². The van der Waals surface area contributed by atoms with Crippen LogP contribution in [0.5, 0.6) is 0 Å². The number of esters is 1. The van der Waals surface area contributed by atoms with Crippen LogP contribution in [-0.2, 0) is 9.53 Å². The van der Waals surface area contributed by atoms with Crippen molar-refractivity contribution in [1.29, 1.82) is 0 Å². The number of carbonyl (C=O) groups is 1. The standard InChI is InChI=1S/C8H15NO2/c1-4-6-9-7(3)11-8(10)5-2/h5,7,9H,2,4,6H2,1,3H3. The summed E-state index contributed by atoms with van der Waals surface area (Å²) < 4.78 is 4.83. The molecule has 0 bridgehead atoms. The summed E-state index contributed by atoms with van der Waals surface area (Å²) in [6.07, 6.45) is 1.96. The molecule has 0 aliphatic rings. The van der Waals surface area contributed by atoms with Crippen LogP contribution in [0, 0.1) is 0 Å². The molecule has 0 aromatic rings. The van der Waals surface area contributed by atoms with Gasteiger partial charge >= 0.3 is 5.97 Å². The van der Waals surface area contributed by atoms with E-state index in [4.69, 9.17) is 4.74 Å². The normalized spacial score (nSPS) is 12.2. The molecular weight excluding hydrogens is 142 g/mol. The van der Waals surface area contributed by atoms with Crippen LogP contribution in [0.15, 0.2) is 12.7 Å². The van der Waals surface area contributed by atoms with Crippen molar-refractivity contribution in [1.82, 2.24) is 5.32 Å². The highest BCUT2D eigenvalue weighted by Crippen LogP contribution is 1.87. The molecule has 0 amide bonds. The lowest BCUT2D eigenvalue weighted by atomic mass is 10.4. The maximum absolute atomic E-state index is 10.6. The summed E-state index contributed by atoms with van der Waals surface area (Å²) in [7, 11) is 0. The minimum Gasteiger partial charge on any atom is -0.444 e. The lowest BCUT2D eigenvalue weighted by Crippen LogP contribution is -2.30. The monoisotopic (exact) mass is 157 g/mol. The molecule has 64 valence electrons. The third-order valence-corrected chi connectivity index (χ3v) is 1.14. The van der Waals surface area contributed by atoms with Crippen LogP contribution in [0.3, 0.4) is 0 Å². The van der Waals surface area contributed by atoms with Gasteiger partial charge in [0.25, 0.3) is 0 Å². The first-order chi connectivity index (χ1) is 5.20. The van der Waals surface area contributed by atoms with Crippen molar-refractivity contribution in [3.8, 4) is 0 Å². The third-order valence-electron chi connectivity index (χ3n) is 1.14. The number of ether oxygens (including phenoxy) is 1. The van der Waals surface area contributed by atoms with E-state index in [0.29, 0.717) is 0 Å². The molecule has 1 unspecified atom stereocenters. The molecule has 0 heterocycles. The number of hydrogen-bond acceptors (Lipinski definition) is 3. The summed E-state index contributed by atoms with van der Waals surface area (Å²) in [4.78, 5) is 10.6. The largest absolute Gasteiger partial charge is 0.444 e. The molecule has 1 N–H and O–H groups in total. The molecule has 0 saturated heterocycles. The van der Waals surface area contributed by atoms with Crippen LogP contribution >= 0.6 is 0 Å². The van der Waals surface area contributed by atoms with Crippen LogP contribution in [0.4, 0.5) is 0 Å². The summed E-state index contributed by atoms with van der Waals surface area (Å²) in [6.45, 7) is 7.98. The molecule has 3 heteroatoms. The number of rotatable bonds is 5. The van der Waals surface area contributed by atoms with Gasteiger partial charge < -0.3 is 4.74 Å². The van der Waals surface area contributed by atoms with Gasteiger partial charge in [-0.2, -0.15) is 0 Å². The fourth-order valence-electron chi connectivity index (χ4n) is 0.612. The SMILES string of the molecule is C=CC(=O)OC(C)NCCC. The van der Waals surface area contributed by atoms with Crippen LogP contribution in [0.25, 0.3) is 0 Å². The highest BCUT2D eigenvalue weighted by molar-refractivity contribution is 5.81.